The van der Waals surface area contributed by atoms with Gasteiger partial charge in [-0.05, 0) is 47.9 Å². The van der Waals surface area contributed by atoms with Gasteiger partial charge in [-0.15, -0.1) is 5.10 Å². The van der Waals surface area contributed by atoms with Crippen LogP contribution in [0.1, 0.15) is 29.9 Å². The van der Waals surface area contributed by atoms with Crippen LogP contribution in [0, 0.1) is 30.0 Å². The highest BCUT2D eigenvalue weighted by atomic mass is 19.1. The first kappa shape index (κ1) is 14.4. The Morgan fingerprint density at radius 1 is 1.30 bits per heavy atom. The van der Waals surface area contributed by atoms with Crippen LogP contribution in [0.2, 0.25) is 0 Å². The third-order valence-corrected chi connectivity index (χ3v) is 5.53. The fourth-order valence-corrected chi connectivity index (χ4v) is 3.82. The molecule has 0 spiro atoms. The Kier molecular flexibility index (Phi) is 2.89. The second-order valence-electron chi connectivity index (χ2n) is 7.22. The van der Waals surface area contributed by atoms with Crippen molar-refractivity contribution < 1.29 is 9.18 Å². The number of likely N-dealkylation sites (tertiary alicyclic amines) is 1. The lowest BCUT2D eigenvalue weighted by atomic mass is 10.1. The number of nitrogens with zero attached hydrogens (tertiary/aromatic N) is 4. The molecule has 2 heterocycles. The molecule has 6 heteroatoms. The van der Waals surface area contributed by atoms with E-state index in [1.807, 2.05) is 4.90 Å². The van der Waals surface area contributed by atoms with Gasteiger partial charge < -0.3 is 4.90 Å². The molecule has 0 N–H and O–H groups in total. The number of piperidine rings is 1. The van der Waals surface area contributed by atoms with E-state index in [1.54, 1.807) is 19.2 Å². The summed E-state index contributed by atoms with van der Waals surface area (Å²) < 4.78 is 14.7. The molecule has 1 aliphatic carbocycles. The highest BCUT2D eigenvalue weighted by molar-refractivity contribution is 5.92. The summed E-state index contributed by atoms with van der Waals surface area (Å²) in [5, 5.41) is 8.03. The van der Waals surface area contributed by atoms with E-state index in [0.29, 0.717) is 22.9 Å². The normalized spacial score (nSPS) is 24.6. The number of amides is 1. The van der Waals surface area contributed by atoms with Crippen molar-refractivity contribution in [2.75, 3.05) is 13.1 Å². The molecule has 0 bridgehead atoms. The van der Waals surface area contributed by atoms with Gasteiger partial charge in [0.15, 0.2) is 5.69 Å². The number of halogens is 1. The number of hydrogen-bond donors (Lipinski definition) is 0. The van der Waals surface area contributed by atoms with E-state index in [2.05, 4.69) is 24.2 Å². The number of aryl methyl sites for hydroxylation is 1. The van der Waals surface area contributed by atoms with Crippen LogP contribution in [0.4, 0.5) is 4.39 Å². The van der Waals surface area contributed by atoms with Crippen molar-refractivity contribution in [1.29, 1.82) is 0 Å². The topological polar surface area (TPSA) is 51.0 Å². The van der Waals surface area contributed by atoms with Gasteiger partial charge in [0.25, 0.3) is 5.91 Å². The Morgan fingerprint density at radius 2 is 2.00 bits per heavy atom. The molecular formula is C17H19FN4O. The van der Waals surface area contributed by atoms with E-state index in [1.165, 1.54) is 16.8 Å². The Labute approximate surface area is 134 Å². The molecule has 5 nitrogen and oxygen atoms in total. The van der Waals surface area contributed by atoms with Gasteiger partial charge in [-0.3, -0.25) is 4.79 Å². The molecule has 23 heavy (non-hydrogen) atoms. The van der Waals surface area contributed by atoms with Gasteiger partial charge in [0.05, 0.1) is 11.9 Å². The van der Waals surface area contributed by atoms with Gasteiger partial charge in [-0.1, -0.05) is 19.1 Å². The lowest BCUT2D eigenvalue weighted by Crippen LogP contribution is -2.33. The van der Waals surface area contributed by atoms with E-state index >= 15 is 0 Å². The Bertz CT molecular complexity index is 784. The van der Waals surface area contributed by atoms with E-state index in [-0.39, 0.29) is 11.7 Å². The van der Waals surface area contributed by atoms with Crippen molar-refractivity contribution in [2.24, 2.45) is 17.3 Å². The predicted octanol–water partition coefficient (Wildman–Crippen LogP) is 2.44. The van der Waals surface area contributed by atoms with Crippen LogP contribution in [-0.4, -0.2) is 38.9 Å². The minimum atomic E-state index is -0.290. The maximum absolute atomic E-state index is 13.2. The smallest absolute Gasteiger partial charge is 0.276 e. The minimum absolute atomic E-state index is 0.0704. The second-order valence-corrected chi connectivity index (χ2v) is 7.22. The second kappa shape index (κ2) is 4.63. The van der Waals surface area contributed by atoms with Crippen molar-refractivity contribution in [3.05, 3.63) is 41.5 Å². The molecule has 1 aromatic carbocycles. The first-order valence-corrected chi connectivity index (χ1v) is 7.86. The van der Waals surface area contributed by atoms with Gasteiger partial charge in [-0.2, -0.15) is 0 Å². The first-order valence-electron chi connectivity index (χ1n) is 7.86. The van der Waals surface area contributed by atoms with Gasteiger partial charge in [0, 0.05) is 13.1 Å². The summed E-state index contributed by atoms with van der Waals surface area (Å²) in [6, 6.07) is 4.46. The molecule has 2 aliphatic rings. The van der Waals surface area contributed by atoms with Crippen molar-refractivity contribution in [3.8, 4) is 5.69 Å². The molecule has 4 rings (SSSR count). The zero-order valence-corrected chi connectivity index (χ0v) is 13.5. The van der Waals surface area contributed by atoms with Crippen LogP contribution in [-0.2, 0) is 0 Å². The zero-order chi connectivity index (χ0) is 16.4. The lowest BCUT2D eigenvalue weighted by molar-refractivity contribution is 0.0752. The van der Waals surface area contributed by atoms with Gasteiger partial charge >= 0.3 is 0 Å². The van der Waals surface area contributed by atoms with Crippen molar-refractivity contribution in [3.63, 3.8) is 0 Å². The quantitative estimate of drug-likeness (QED) is 0.855. The van der Waals surface area contributed by atoms with E-state index in [4.69, 9.17) is 0 Å². The summed E-state index contributed by atoms with van der Waals surface area (Å²) in [6.07, 6.45) is 1.62. The number of carbonyl (C=O) groups excluding carboxylic acids is 1. The summed E-state index contributed by atoms with van der Waals surface area (Å²) in [7, 11) is 0. The zero-order valence-electron chi connectivity index (χ0n) is 13.5. The SMILES string of the molecule is Cc1cc(F)ccc1-n1cc(C(=O)N2CC3C(C2)C3(C)C)nn1. The highest BCUT2D eigenvalue weighted by Gasteiger charge is 2.62. The lowest BCUT2D eigenvalue weighted by Gasteiger charge is -2.20. The first-order chi connectivity index (χ1) is 10.9. The van der Waals surface area contributed by atoms with Gasteiger partial charge in [0.2, 0.25) is 0 Å². The predicted molar refractivity (Wildman–Crippen MR) is 82.7 cm³/mol. The number of fused-ring (bicyclic) bond motifs is 1. The summed E-state index contributed by atoms with van der Waals surface area (Å²) in [5.41, 5.74) is 2.19. The molecule has 1 saturated carbocycles. The summed E-state index contributed by atoms with van der Waals surface area (Å²) in [4.78, 5) is 14.4. The van der Waals surface area contributed by atoms with Crippen LogP contribution in [0.3, 0.4) is 0 Å². The van der Waals surface area contributed by atoms with Crippen LogP contribution in [0.25, 0.3) is 5.69 Å². The summed E-state index contributed by atoms with van der Waals surface area (Å²) in [5.74, 6) is 0.863. The largest absolute Gasteiger partial charge is 0.337 e. The Morgan fingerprint density at radius 3 is 2.65 bits per heavy atom. The van der Waals surface area contributed by atoms with Crippen molar-refractivity contribution >= 4 is 5.91 Å². The molecular weight excluding hydrogens is 295 g/mol. The molecule has 2 unspecified atom stereocenters. The van der Waals surface area contributed by atoms with Gasteiger partial charge in [0.1, 0.15) is 5.82 Å². The molecule has 1 aliphatic heterocycles. The molecule has 2 fully saturated rings. The minimum Gasteiger partial charge on any atom is -0.337 e. The highest BCUT2D eigenvalue weighted by Crippen LogP contribution is 2.62. The molecule has 2 atom stereocenters. The monoisotopic (exact) mass is 314 g/mol. The van der Waals surface area contributed by atoms with Gasteiger partial charge in [-0.25, -0.2) is 9.07 Å². The van der Waals surface area contributed by atoms with Crippen LogP contribution >= 0.6 is 0 Å². The number of aromatic nitrogens is 3. The average molecular weight is 314 g/mol. The summed E-state index contributed by atoms with van der Waals surface area (Å²) in [6.45, 7) is 7.94. The van der Waals surface area contributed by atoms with Crippen LogP contribution in [0.15, 0.2) is 24.4 Å². The number of carbonyl (C=O) groups is 1. The third kappa shape index (κ3) is 2.16. The molecule has 120 valence electrons. The van der Waals surface area contributed by atoms with Crippen LogP contribution < -0.4 is 0 Å². The Hall–Kier alpha value is -2.24. The van der Waals surface area contributed by atoms with E-state index in [9.17, 15) is 9.18 Å². The maximum atomic E-state index is 13.2. The molecule has 0 radical (unpaired) electrons. The molecule has 1 amide bonds. The van der Waals surface area contributed by atoms with E-state index in [0.717, 1.165) is 24.3 Å². The number of benzene rings is 1. The Balaban J connectivity index is 1.53. The number of hydrogen-bond acceptors (Lipinski definition) is 3. The number of rotatable bonds is 2. The van der Waals surface area contributed by atoms with Crippen molar-refractivity contribution in [2.45, 2.75) is 20.8 Å². The standard InChI is InChI=1S/C17H19FN4O/c1-10-6-11(18)4-5-15(10)22-9-14(19-20-22)16(23)21-7-12-13(8-21)17(12,2)3/h4-6,9,12-13H,7-8H2,1-3H3. The van der Waals surface area contributed by atoms with Crippen LogP contribution in [0.5, 0.6) is 0 Å². The summed E-state index contributed by atoms with van der Waals surface area (Å²) >= 11 is 0. The van der Waals surface area contributed by atoms with E-state index < -0.39 is 0 Å². The molecule has 2 aromatic rings. The fraction of sp³-hybridized carbons (Fsp3) is 0.471. The fourth-order valence-electron chi connectivity index (χ4n) is 3.82. The van der Waals surface area contributed by atoms with Crippen molar-refractivity contribution in [1.82, 2.24) is 19.9 Å². The maximum Gasteiger partial charge on any atom is 0.276 e. The average Bonchev–Trinajstić information content (AvgIpc) is 2.98. The third-order valence-electron chi connectivity index (χ3n) is 5.53. The molecule has 1 aromatic heterocycles. The molecule has 1 saturated heterocycles.